The van der Waals surface area contributed by atoms with Crippen molar-refractivity contribution in [1.29, 1.82) is 0 Å². The third kappa shape index (κ3) is 1.48. The van der Waals surface area contributed by atoms with E-state index in [1.54, 1.807) is 0 Å². The molecule has 1 N–H and O–H groups in total. The van der Waals surface area contributed by atoms with Crippen molar-refractivity contribution in [2.75, 3.05) is 0 Å². The molecule has 16 heavy (non-hydrogen) atoms. The number of nitrogens with zero attached hydrogens (tertiary/aromatic N) is 1. The van der Waals surface area contributed by atoms with Gasteiger partial charge in [0.05, 0.1) is 11.0 Å². The van der Waals surface area contributed by atoms with Gasteiger partial charge in [0.25, 0.3) is 0 Å². The van der Waals surface area contributed by atoms with Crippen molar-refractivity contribution < 1.29 is 0 Å². The second-order valence-electron chi connectivity index (χ2n) is 3.98. The van der Waals surface area contributed by atoms with Gasteiger partial charge in [-0.05, 0) is 24.6 Å². The van der Waals surface area contributed by atoms with Crippen molar-refractivity contribution in [3.8, 4) is 11.1 Å². The number of rotatable bonds is 1. The maximum Gasteiger partial charge on any atom is 0.0882 e. The molecule has 2 heterocycles. The minimum atomic E-state index is 1.03. The maximum absolute atomic E-state index is 4.45. The van der Waals surface area contributed by atoms with E-state index in [-0.39, 0.29) is 0 Å². The fourth-order valence-corrected chi connectivity index (χ4v) is 1.93. The van der Waals surface area contributed by atoms with Gasteiger partial charge in [-0.2, -0.15) is 0 Å². The van der Waals surface area contributed by atoms with Crippen LogP contribution in [-0.2, 0) is 0 Å². The van der Waals surface area contributed by atoms with Gasteiger partial charge in [0.1, 0.15) is 0 Å². The molecule has 0 aliphatic carbocycles. The normalized spacial score (nSPS) is 10.8. The molecule has 2 aromatic heterocycles. The van der Waals surface area contributed by atoms with E-state index in [9.17, 15) is 0 Å². The van der Waals surface area contributed by atoms with Gasteiger partial charge in [-0.15, -0.1) is 0 Å². The van der Waals surface area contributed by atoms with Gasteiger partial charge in [0.2, 0.25) is 0 Å². The molecule has 0 saturated heterocycles. The first-order chi connectivity index (χ1) is 7.83. The van der Waals surface area contributed by atoms with E-state index in [1.807, 2.05) is 31.3 Å². The van der Waals surface area contributed by atoms with Crippen LogP contribution in [0.5, 0.6) is 0 Å². The Balaban J connectivity index is 2.18. The number of nitrogens with one attached hydrogen (secondary N) is 1. The van der Waals surface area contributed by atoms with Crippen LogP contribution in [0.25, 0.3) is 22.2 Å². The molecule has 3 rings (SSSR count). The fraction of sp³-hybridized carbons (Fsp3) is 0.0714. The van der Waals surface area contributed by atoms with Crippen LogP contribution in [0.2, 0.25) is 0 Å². The highest BCUT2D eigenvalue weighted by Gasteiger charge is 2.02. The second-order valence-corrected chi connectivity index (χ2v) is 3.98. The Bertz CT molecular complexity index is 624. The summed E-state index contributed by atoms with van der Waals surface area (Å²) in [7, 11) is 0. The molecule has 1 aromatic carbocycles. The van der Waals surface area contributed by atoms with Gasteiger partial charge < -0.3 is 4.98 Å². The van der Waals surface area contributed by atoms with Gasteiger partial charge in [0.15, 0.2) is 0 Å². The van der Waals surface area contributed by atoms with Crippen LogP contribution < -0.4 is 0 Å². The molecule has 0 saturated carbocycles. The summed E-state index contributed by atoms with van der Waals surface area (Å²) in [5, 5.41) is 0. The van der Waals surface area contributed by atoms with Gasteiger partial charge in [-0.25, -0.2) is 0 Å². The predicted octanol–water partition coefficient (Wildman–Crippen LogP) is 3.54. The lowest BCUT2D eigenvalue weighted by atomic mass is 10.1. The number of H-pyrrole nitrogens is 1. The third-order valence-corrected chi connectivity index (χ3v) is 2.71. The number of pyridine rings is 1. The Morgan fingerprint density at radius 3 is 2.62 bits per heavy atom. The van der Waals surface area contributed by atoms with E-state index in [0.29, 0.717) is 0 Å². The topological polar surface area (TPSA) is 28.7 Å². The van der Waals surface area contributed by atoms with Crippen LogP contribution in [0, 0.1) is 6.92 Å². The number of aromatic nitrogens is 2. The lowest BCUT2D eigenvalue weighted by Crippen LogP contribution is -1.80. The smallest absolute Gasteiger partial charge is 0.0882 e. The van der Waals surface area contributed by atoms with E-state index < -0.39 is 0 Å². The molecule has 0 aliphatic heterocycles. The quantitative estimate of drug-likeness (QED) is 0.651. The number of benzene rings is 1. The second kappa shape index (κ2) is 3.49. The molecule has 0 aliphatic rings. The standard InChI is InChI=1S/C14H12N2/c1-10-7-13-14(16-10)8-12(9-15-13)11-5-3-2-4-6-11/h2-9,16H,1H3. The molecular formula is C14H12N2. The van der Waals surface area contributed by atoms with E-state index >= 15 is 0 Å². The molecule has 0 atom stereocenters. The summed E-state index contributed by atoms with van der Waals surface area (Å²) in [4.78, 5) is 7.75. The highest BCUT2D eigenvalue weighted by molar-refractivity contribution is 5.81. The van der Waals surface area contributed by atoms with E-state index in [4.69, 9.17) is 0 Å². The summed E-state index contributed by atoms with van der Waals surface area (Å²) in [6, 6.07) is 14.5. The van der Waals surface area contributed by atoms with Gasteiger partial charge >= 0.3 is 0 Å². The number of aryl methyl sites for hydroxylation is 1. The molecular weight excluding hydrogens is 196 g/mol. The summed E-state index contributed by atoms with van der Waals surface area (Å²) in [5.41, 5.74) is 5.61. The van der Waals surface area contributed by atoms with E-state index in [0.717, 1.165) is 22.3 Å². The summed E-state index contributed by atoms with van der Waals surface area (Å²) in [6.45, 7) is 2.05. The fourth-order valence-electron chi connectivity index (χ4n) is 1.93. The van der Waals surface area contributed by atoms with Crippen LogP contribution in [-0.4, -0.2) is 9.97 Å². The van der Waals surface area contributed by atoms with E-state index in [2.05, 4.69) is 34.2 Å². The monoisotopic (exact) mass is 208 g/mol. The molecule has 0 amide bonds. The summed E-state index contributed by atoms with van der Waals surface area (Å²) in [5.74, 6) is 0. The van der Waals surface area contributed by atoms with Crippen LogP contribution in [0.3, 0.4) is 0 Å². The van der Waals surface area contributed by atoms with Gasteiger partial charge in [-0.1, -0.05) is 30.3 Å². The summed E-state index contributed by atoms with van der Waals surface area (Å²) < 4.78 is 0. The summed E-state index contributed by atoms with van der Waals surface area (Å²) >= 11 is 0. The van der Waals surface area contributed by atoms with Crippen molar-refractivity contribution in [2.45, 2.75) is 6.92 Å². The largest absolute Gasteiger partial charge is 0.357 e. The first-order valence-electron chi connectivity index (χ1n) is 5.34. The lowest BCUT2D eigenvalue weighted by molar-refractivity contribution is 1.30. The van der Waals surface area contributed by atoms with Crippen molar-refractivity contribution in [3.05, 3.63) is 54.4 Å². The zero-order valence-electron chi connectivity index (χ0n) is 9.07. The minimum absolute atomic E-state index is 1.03. The van der Waals surface area contributed by atoms with Crippen LogP contribution in [0.15, 0.2) is 48.7 Å². The minimum Gasteiger partial charge on any atom is -0.357 e. The van der Waals surface area contributed by atoms with Crippen molar-refractivity contribution in [3.63, 3.8) is 0 Å². The lowest BCUT2D eigenvalue weighted by Gasteiger charge is -2.00. The number of fused-ring (bicyclic) bond motifs is 1. The van der Waals surface area contributed by atoms with Crippen molar-refractivity contribution in [2.24, 2.45) is 0 Å². The maximum atomic E-state index is 4.45. The van der Waals surface area contributed by atoms with Gasteiger partial charge in [0, 0.05) is 17.5 Å². The molecule has 0 spiro atoms. The van der Waals surface area contributed by atoms with Crippen LogP contribution >= 0.6 is 0 Å². The Morgan fingerprint density at radius 2 is 1.81 bits per heavy atom. The molecule has 2 nitrogen and oxygen atoms in total. The Hall–Kier alpha value is -2.09. The van der Waals surface area contributed by atoms with E-state index in [1.165, 1.54) is 5.56 Å². The predicted molar refractivity (Wildman–Crippen MR) is 66.3 cm³/mol. The van der Waals surface area contributed by atoms with Gasteiger partial charge in [-0.3, -0.25) is 4.98 Å². The first-order valence-corrected chi connectivity index (χ1v) is 5.34. The Kier molecular flexibility index (Phi) is 2.00. The Labute approximate surface area is 94.0 Å². The van der Waals surface area contributed by atoms with Crippen molar-refractivity contribution in [1.82, 2.24) is 9.97 Å². The molecule has 78 valence electrons. The Morgan fingerprint density at radius 1 is 1.00 bits per heavy atom. The zero-order valence-corrected chi connectivity index (χ0v) is 9.07. The average molecular weight is 208 g/mol. The molecule has 0 radical (unpaired) electrons. The molecule has 3 aromatic rings. The highest BCUT2D eigenvalue weighted by Crippen LogP contribution is 2.22. The molecule has 2 heteroatoms. The number of aromatic amines is 1. The van der Waals surface area contributed by atoms with Crippen LogP contribution in [0.4, 0.5) is 0 Å². The zero-order chi connectivity index (χ0) is 11.0. The van der Waals surface area contributed by atoms with Crippen LogP contribution in [0.1, 0.15) is 5.69 Å². The third-order valence-electron chi connectivity index (χ3n) is 2.71. The SMILES string of the molecule is Cc1cc2ncc(-c3ccccc3)cc2[nH]1. The summed E-state index contributed by atoms with van der Waals surface area (Å²) in [6.07, 6.45) is 1.92. The molecule has 0 bridgehead atoms. The average Bonchev–Trinajstić information content (AvgIpc) is 2.69. The molecule has 0 unspecified atom stereocenters. The van der Waals surface area contributed by atoms with Crippen molar-refractivity contribution >= 4 is 11.0 Å². The number of hydrogen-bond acceptors (Lipinski definition) is 1. The molecule has 0 fully saturated rings. The number of hydrogen-bond donors (Lipinski definition) is 1. The highest BCUT2D eigenvalue weighted by atomic mass is 14.8. The first kappa shape index (κ1) is 9.16.